The largest absolute Gasteiger partial charge is 0.318 e. The van der Waals surface area contributed by atoms with Gasteiger partial charge in [-0.05, 0) is 21.0 Å². The predicted octanol–water partition coefficient (Wildman–Crippen LogP) is -0.498. The van der Waals surface area contributed by atoms with Gasteiger partial charge in [0.2, 0.25) is 0 Å². The van der Waals surface area contributed by atoms with E-state index in [0.29, 0.717) is 19.1 Å². The summed E-state index contributed by atoms with van der Waals surface area (Å²) in [4.78, 5) is 0. The molecule has 0 aromatic carbocycles. The summed E-state index contributed by atoms with van der Waals surface area (Å²) in [6.07, 6.45) is 0. The third kappa shape index (κ3) is 9.04. The van der Waals surface area contributed by atoms with Crippen molar-refractivity contribution in [1.82, 2.24) is 15.7 Å². The van der Waals surface area contributed by atoms with Gasteiger partial charge in [-0.3, -0.25) is 0 Å². The van der Waals surface area contributed by atoms with E-state index in [-0.39, 0.29) is 32.7 Å². The minimum absolute atomic E-state index is 0. The fourth-order valence-corrected chi connectivity index (χ4v) is 0.740. The summed E-state index contributed by atoms with van der Waals surface area (Å²) in [5.74, 6) is 0. The van der Waals surface area contributed by atoms with Gasteiger partial charge >= 0.3 is 0 Å². The van der Waals surface area contributed by atoms with E-state index in [0.717, 1.165) is 6.54 Å². The van der Waals surface area contributed by atoms with Crippen molar-refractivity contribution in [1.29, 1.82) is 0 Å². The standard InChI is InChI=1S/C7H19N3O.Y/c1-7(9-3)6-10(11)5-4-8-2;/h7-9,11H,4-6H2,1-3H3;. The van der Waals surface area contributed by atoms with Crippen LogP contribution < -0.4 is 10.6 Å². The summed E-state index contributed by atoms with van der Waals surface area (Å²) in [6, 6.07) is 0.330. The Bertz CT molecular complexity index is 94.7. The van der Waals surface area contributed by atoms with Gasteiger partial charge in [0.1, 0.15) is 0 Å². The molecule has 0 aromatic heterocycles. The summed E-state index contributed by atoms with van der Waals surface area (Å²) in [6.45, 7) is 4.18. The van der Waals surface area contributed by atoms with Crippen molar-refractivity contribution in [3.63, 3.8) is 0 Å². The molecule has 0 fully saturated rings. The Labute approximate surface area is 99.9 Å². The Morgan fingerprint density at radius 2 is 2.00 bits per heavy atom. The monoisotopic (exact) mass is 250 g/mol. The van der Waals surface area contributed by atoms with Crippen LogP contribution in [0.5, 0.6) is 0 Å². The summed E-state index contributed by atoms with van der Waals surface area (Å²) < 4.78 is 0. The minimum atomic E-state index is 0. The Balaban J connectivity index is 0. The quantitative estimate of drug-likeness (QED) is 0.556. The zero-order valence-corrected chi connectivity index (χ0v) is 11.0. The molecule has 0 saturated carbocycles. The van der Waals surface area contributed by atoms with E-state index >= 15 is 0 Å². The molecule has 5 heteroatoms. The summed E-state index contributed by atoms with van der Waals surface area (Å²) in [7, 11) is 3.76. The van der Waals surface area contributed by atoms with Gasteiger partial charge in [-0.15, -0.1) is 0 Å². The molecule has 71 valence electrons. The Morgan fingerprint density at radius 1 is 1.42 bits per heavy atom. The number of hydroxylamine groups is 2. The molecule has 0 aliphatic carbocycles. The van der Waals surface area contributed by atoms with E-state index in [1.165, 1.54) is 5.06 Å². The van der Waals surface area contributed by atoms with Gasteiger partial charge in [0.05, 0.1) is 0 Å². The zero-order chi connectivity index (χ0) is 8.69. The second kappa shape index (κ2) is 10.0. The van der Waals surface area contributed by atoms with Crippen LogP contribution in [0.25, 0.3) is 0 Å². The first-order chi connectivity index (χ1) is 5.20. The van der Waals surface area contributed by atoms with Gasteiger partial charge in [0.15, 0.2) is 0 Å². The second-order valence-corrected chi connectivity index (χ2v) is 2.71. The van der Waals surface area contributed by atoms with Crippen molar-refractivity contribution in [3.8, 4) is 0 Å². The molecule has 1 unspecified atom stereocenters. The van der Waals surface area contributed by atoms with Gasteiger partial charge in [-0.2, -0.15) is 5.06 Å². The average Bonchev–Trinajstić information content (AvgIpc) is 2.00. The normalized spacial score (nSPS) is 12.8. The molecule has 0 rings (SSSR count). The Kier molecular flexibility index (Phi) is 12.9. The number of rotatable bonds is 6. The SMILES string of the molecule is CNCCN(O)CC(C)NC.[Y]. The van der Waals surface area contributed by atoms with Crippen molar-refractivity contribution in [2.45, 2.75) is 13.0 Å². The van der Waals surface area contributed by atoms with Crippen LogP contribution in [-0.4, -0.2) is 50.0 Å². The number of likely N-dealkylation sites (N-methyl/N-ethyl adjacent to an activating group) is 2. The van der Waals surface area contributed by atoms with Crippen molar-refractivity contribution in [3.05, 3.63) is 0 Å². The maximum atomic E-state index is 9.24. The summed E-state index contributed by atoms with van der Waals surface area (Å²) >= 11 is 0. The van der Waals surface area contributed by atoms with Crippen molar-refractivity contribution in [2.24, 2.45) is 0 Å². The van der Waals surface area contributed by atoms with Crippen LogP contribution in [0, 0.1) is 0 Å². The van der Waals surface area contributed by atoms with Gasteiger partial charge in [-0.1, -0.05) is 0 Å². The Morgan fingerprint density at radius 3 is 2.42 bits per heavy atom. The van der Waals surface area contributed by atoms with Gasteiger partial charge in [0.25, 0.3) is 0 Å². The molecular formula is C7H19N3OY. The number of hydrogen-bond acceptors (Lipinski definition) is 4. The first-order valence-electron chi connectivity index (χ1n) is 3.96. The number of nitrogens with zero attached hydrogens (tertiary/aromatic N) is 1. The smallest absolute Gasteiger partial charge is 0.0389 e. The molecule has 0 spiro atoms. The molecule has 0 aliphatic heterocycles. The molecule has 0 bridgehead atoms. The minimum Gasteiger partial charge on any atom is -0.318 e. The molecule has 0 heterocycles. The van der Waals surface area contributed by atoms with Crippen LogP contribution in [0.15, 0.2) is 0 Å². The summed E-state index contributed by atoms with van der Waals surface area (Å²) in [5, 5.41) is 16.6. The van der Waals surface area contributed by atoms with E-state index in [4.69, 9.17) is 0 Å². The van der Waals surface area contributed by atoms with E-state index in [2.05, 4.69) is 10.6 Å². The molecule has 1 atom stereocenters. The first-order valence-corrected chi connectivity index (χ1v) is 3.96. The second-order valence-electron chi connectivity index (χ2n) is 2.71. The molecule has 3 N–H and O–H groups in total. The van der Waals surface area contributed by atoms with E-state index in [1.807, 2.05) is 21.0 Å². The number of hydrogen-bond donors (Lipinski definition) is 3. The average molecular weight is 250 g/mol. The van der Waals surface area contributed by atoms with Gasteiger partial charge < -0.3 is 15.8 Å². The molecule has 12 heavy (non-hydrogen) atoms. The van der Waals surface area contributed by atoms with E-state index < -0.39 is 0 Å². The molecule has 0 saturated heterocycles. The fourth-order valence-electron chi connectivity index (χ4n) is 0.740. The van der Waals surface area contributed by atoms with Crippen LogP contribution in [0.1, 0.15) is 6.92 Å². The zero-order valence-electron chi connectivity index (χ0n) is 8.17. The van der Waals surface area contributed by atoms with Crippen molar-refractivity contribution >= 4 is 0 Å². The van der Waals surface area contributed by atoms with Crippen LogP contribution >= 0.6 is 0 Å². The van der Waals surface area contributed by atoms with E-state index in [1.54, 1.807) is 0 Å². The molecular weight excluding hydrogens is 231 g/mol. The molecule has 0 aliphatic rings. The Hall–Kier alpha value is 0.944. The first kappa shape index (κ1) is 15.4. The van der Waals surface area contributed by atoms with Crippen LogP contribution in [0.4, 0.5) is 0 Å². The predicted molar refractivity (Wildman–Crippen MR) is 45.8 cm³/mol. The molecule has 1 radical (unpaired) electrons. The van der Waals surface area contributed by atoms with E-state index in [9.17, 15) is 5.21 Å². The summed E-state index contributed by atoms with van der Waals surface area (Å²) in [5.41, 5.74) is 0. The molecule has 0 amide bonds. The topological polar surface area (TPSA) is 47.5 Å². The maximum absolute atomic E-state index is 9.24. The van der Waals surface area contributed by atoms with Crippen molar-refractivity contribution < 1.29 is 37.9 Å². The molecule has 0 aromatic rings. The van der Waals surface area contributed by atoms with Gasteiger partial charge in [0, 0.05) is 58.4 Å². The van der Waals surface area contributed by atoms with Crippen LogP contribution in [0.2, 0.25) is 0 Å². The fraction of sp³-hybridized carbons (Fsp3) is 1.00. The third-order valence-corrected chi connectivity index (χ3v) is 1.60. The maximum Gasteiger partial charge on any atom is 0.0389 e. The van der Waals surface area contributed by atoms with Crippen molar-refractivity contribution in [2.75, 3.05) is 33.7 Å². The van der Waals surface area contributed by atoms with Crippen LogP contribution in [0.3, 0.4) is 0 Å². The molecule has 4 nitrogen and oxygen atoms in total. The van der Waals surface area contributed by atoms with Gasteiger partial charge in [-0.25, -0.2) is 0 Å². The number of nitrogens with one attached hydrogen (secondary N) is 2. The third-order valence-electron chi connectivity index (χ3n) is 1.60. The van der Waals surface area contributed by atoms with Crippen LogP contribution in [-0.2, 0) is 32.7 Å².